The average molecular weight is 342 g/mol. The molecule has 0 bridgehead atoms. The molecule has 0 saturated heterocycles. The van der Waals surface area contributed by atoms with Crippen molar-refractivity contribution in [1.29, 1.82) is 0 Å². The standard InChI is InChI=1S/C17H16BrN3/c1-2-19-17(15-9-8-13(18)11-21-15)14-7-3-5-12-6-4-10-20-16(12)14/h3-11,17,19H,2H2,1H3. The third-order valence-corrected chi connectivity index (χ3v) is 3.90. The predicted octanol–water partition coefficient (Wildman–Crippen LogP) is 4.09. The van der Waals surface area contributed by atoms with Crippen molar-refractivity contribution in [2.45, 2.75) is 13.0 Å². The molecule has 1 aromatic carbocycles. The lowest BCUT2D eigenvalue weighted by Gasteiger charge is -2.19. The predicted molar refractivity (Wildman–Crippen MR) is 89.2 cm³/mol. The van der Waals surface area contributed by atoms with Crippen LogP contribution in [0.25, 0.3) is 10.9 Å². The van der Waals surface area contributed by atoms with Crippen LogP contribution in [0.3, 0.4) is 0 Å². The Balaban J connectivity index is 2.13. The molecule has 1 atom stereocenters. The van der Waals surface area contributed by atoms with Gasteiger partial charge in [-0.2, -0.15) is 0 Å². The number of pyridine rings is 2. The minimum absolute atomic E-state index is 0.0432. The number of nitrogens with zero attached hydrogens (tertiary/aromatic N) is 2. The molecule has 3 rings (SSSR count). The van der Waals surface area contributed by atoms with E-state index < -0.39 is 0 Å². The SMILES string of the molecule is CCNC(c1ccc(Br)cn1)c1cccc2cccnc12. The number of halogens is 1. The van der Waals surface area contributed by atoms with Gasteiger partial charge in [-0.15, -0.1) is 0 Å². The van der Waals surface area contributed by atoms with E-state index in [0.717, 1.165) is 33.2 Å². The summed E-state index contributed by atoms with van der Waals surface area (Å²) in [5.41, 5.74) is 3.18. The summed E-state index contributed by atoms with van der Waals surface area (Å²) in [5, 5.41) is 4.66. The van der Waals surface area contributed by atoms with Gasteiger partial charge in [0.1, 0.15) is 0 Å². The van der Waals surface area contributed by atoms with Crippen LogP contribution in [-0.4, -0.2) is 16.5 Å². The van der Waals surface area contributed by atoms with Crippen LogP contribution in [-0.2, 0) is 0 Å². The molecule has 1 N–H and O–H groups in total. The summed E-state index contributed by atoms with van der Waals surface area (Å²) < 4.78 is 0.984. The minimum Gasteiger partial charge on any atom is -0.305 e. The molecule has 0 amide bonds. The highest BCUT2D eigenvalue weighted by Gasteiger charge is 2.17. The number of benzene rings is 1. The maximum absolute atomic E-state index is 4.55. The van der Waals surface area contributed by atoms with Crippen molar-refractivity contribution in [3.8, 4) is 0 Å². The maximum atomic E-state index is 4.55. The second-order valence-corrected chi connectivity index (χ2v) is 5.73. The van der Waals surface area contributed by atoms with Gasteiger partial charge in [-0.25, -0.2) is 0 Å². The van der Waals surface area contributed by atoms with Gasteiger partial charge in [0.2, 0.25) is 0 Å². The van der Waals surface area contributed by atoms with Gasteiger partial charge in [0, 0.05) is 27.8 Å². The highest BCUT2D eigenvalue weighted by molar-refractivity contribution is 9.10. The topological polar surface area (TPSA) is 37.8 Å². The fourth-order valence-corrected chi connectivity index (χ4v) is 2.73. The van der Waals surface area contributed by atoms with Gasteiger partial charge in [-0.3, -0.25) is 9.97 Å². The summed E-state index contributed by atoms with van der Waals surface area (Å²) >= 11 is 3.43. The molecular weight excluding hydrogens is 326 g/mol. The number of para-hydroxylation sites is 1. The van der Waals surface area contributed by atoms with Crippen LogP contribution in [0.5, 0.6) is 0 Å². The first-order valence-electron chi connectivity index (χ1n) is 6.98. The summed E-state index contributed by atoms with van der Waals surface area (Å²) in [6, 6.07) is 14.4. The van der Waals surface area contributed by atoms with Crippen LogP contribution < -0.4 is 5.32 Å². The summed E-state index contributed by atoms with van der Waals surface area (Å²) in [7, 11) is 0. The molecule has 0 aliphatic carbocycles. The van der Waals surface area contributed by atoms with Crippen molar-refractivity contribution in [2.75, 3.05) is 6.54 Å². The van der Waals surface area contributed by atoms with E-state index in [0.29, 0.717) is 0 Å². The Kier molecular flexibility index (Phi) is 4.27. The molecule has 0 fully saturated rings. The summed E-state index contributed by atoms with van der Waals surface area (Å²) in [4.78, 5) is 9.09. The Hall–Kier alpha value is -1.78. The third kappa shape index (κ3) is 2.96. The molecule has 0 aliphatic rings. The minimum atomic E-state index is 0.0432. The quantitative estimate of drug-likeness (QED) is 0.776. The lowest BCUT2D eigenvalue weighted by atomic mass is 9.99. The zero-order valence-electron chi connectivity index (χ0n) is 11.8. The van der Waals surface area contributed by atoms with Crippen molar-refractivity contribution in [2.24, 2.45) is 0 Å². The van der Waals surface area contributed by atoms with E-state index in [1.807, 2.05) is 30.6 Å². The Labute approximate surface area is 132 Å². The molecule has 106 valence electrons. The Morgan fingerprint density at radius 3 is 2.71 bits per heavy atom. The lowest BCUT2D eigenvalue weighted by Crippen LogP contribution is -2.23. The number of hydrogen-bond donors (Lipinski definition) is 1. The largest absolute Gasteiger partial charge is 0.305 e. The molecule has 3 aromatic rings. The van der Waals surface area contributed by atoms with E-state index >= 15 is 0 Å². The molecule has 0 spiro atoms. The molecule has 4 heteroatoms. The van der Waals surface area contributed by atoms with E-state index in [-0.39, 0.29) is 6.04 Å². The summed E-state index contributed by atoms with van der Waals surface area (Å²) in [6.45, 7) is 2.97. The van der Waals surface area contributed by atoms with Gasteiger partial charge in [0.15, 0.2) is 0 Å². The van der Waals surface area contributed by atoms with Gasteiger partial charge in [-0.05, 0) is 40.7 Å². The van der Waals surface area contributed by atoms with Crippen LogP contribution in [0.1, 0.15) is 24.2 Å². The van der Waals surface area contributed by atoms with Gasteiger partial charge in [-0.1, -0.05) is 31.2 Å². The van der Waals surface area contributed by atoms with Gasteiger partial charge in [0.05, 0.1) is 17.3 Å². The third-order valence-electron chi connectivity index (χ3n) is 3.43. The van der Waals surface area contributed by atoms with Crippen LogP contribution in [0, 0.1) is 0 Å². The number of aromatic nitrogens is 2. The molecule has 0 aliphatic heterocycles. The van der Waals surface area contributed by atoms with Gasteiger partial charge in [0.25, 0.3) is 0 Å². The first-order valence-corrected chi connectivity index (χ1v) is 7.77. The smallest absolute Gasteiger partial charge is 0.0772 e. The van der Waals surface area contributed by atoms with Crippen LogP contribution >= 0.6 is 15.9 Å². The molecule has 2 aromatic heterocycles. The zero-order valence-corrected chi connectivity index (χ0v) is 13.3. The Bertz CT molecular complexity index is 735. The molecule has 3 nitrogen and oxygen atoms in total. The monoisotopic (exact) mass is 341 g/mol. The second-order valence-electron chi connectivity index (χ2n) is 4.81. The normalized spacial score (nSPS) is 12.5. The first-order chi connectivity index (χ1) is 10.3. The van der Waals surface area contributed by atoms with Crippen LogP contribution in [0.15, 0.2) is 59.3 Å². The van der Waals surface area contributed by atoms with Gasteiger partial charge >= 0.3 is 0 Å². The Morgan fingerprint density at radius 1 is 1.10 bits per heavy atom. The van der Waals surface area contributed by atoms with Crippen molar-refractivity contribution in [3.63, 3.8) is 0 Å². The van der Waals surface area contributed by atoms with E-state index in [1.54, 1.807) is 0 Å². The van der Waals surface area contributed by atoms with E-state index in [1.165, 1.54) is 0 Å². The van der Waals surface area contributed by atoms with Crippen LogP contribution in [0.4, 0.5) is 0 Å². The number of nitrogens with one attached hydrogen (secondary N) is 1. The average Bonchev–Trinajstić information content (AvgIpc) is 2.53. The van der Waals surface area contributed by atoms with E-state index in [4.69, 9.17) is 0 Å². The Morgan fingerprint density at radius 2 is 1.95 bits per heavy atom. The fraction of sp³-hybridized carbons (Fsp3) is 0.176. The van der Waals surface area contributed by atoms with Crippen LogP contribution in [0.2, 0.25) is 0 Å². The number of fused-ring (bicyclic) bond motifs is 1. The number of rotatable bonds is 4. The van der Waals surface area contributed by atoms with Crippen molar-refractivity contribution < 1.29 is 0 Å². The molecular formula is C17H16BrN3. The molecule has 2 heterocycles. The number of hydrogen-bond acceptors (Lipinski definition) is 3. The molecule has 21 heavy (non-hydrogen) atoms. The molecule has 1 unspecified atom stereocenters. The van der Waals surface area contributed by atoms with E-state index in [2.05, 4.69) is 62.4 Å². The fourth-order valence-electron chi connectivity index (χ4n) is 2.50. The molecule has 0 saturated carbocycles. The van der Waals surface area contributed by atoms with E-state index in [9.17, 15) is 0 Å². The first kappa shape index (κ1) is 14.2. The second kappa shape index (κ2) is 6.33. The summed E-state index contributed by atoms with van der Waals surface area (Å²) in [5.74, 6) is 0. The maximum Gasteiger partial charge on any atom is 0.0772 e. The zero-order chi connectivity index (χ0) is 14.7. The van der Waals surface area contributed by atoms with Crippen molar-refractivity contribution in [3.05, 3.63) is 70.6 Å². The van der Waals surface area contributed by atoms with Crippen molar-refractivity contribution >= 4 is 26.8 Å². The molecule has 0 radical (unpaired) electrons. The highest BCUT2D eigenvalue weighted by Crippen LogP contribution is 2.27. The lowest BCUT2D eigenvalue weighted by molar-refractivity contribution is 0.618. The summed E-state index contributed by atoms with van der Waals surface area (Å²) in [6.07, 6.45) is 3.67. The van der Waals surface area contributed by atoms with Gasteiger partial charge < -0.3 is 5.32 Å². The highest BCUT2D eigenvalue weighted by atomic mass is 79.9. The van der Waals surface area contributed by atoms with Crippen molar-refractivity contribution in [1.82, 2.24) is 15.3 Å².